The summed E-state index contributed by atoms with van der Waals surface area (Å²) < 4.78 is 13.2. The number of anilines is 1. The lowest BCUT2D eigenvalue weighted by atomic mass is 10.1. The van der Waals surface area contributed by atoms with Gasteiger partial charge in [0.2, 0.25) is 11.7 Å². The van der Waals surface area contributed by atoms with Crippen LogP contribution in [0.4, 0.5) is 10.1 Å². The Hall–Kier alpha value is -3.62. The monoisotopic (exact) mass is 450 g/mol. The molecule has 4 rings (SSSR count). The number of hydrogen-bond acceptors (Lipinski definition) is 5. The van der Waals surface area contributed by atoms with E-state index in [0.717, 1.165) is 31.2 Å². The van der Waals surface area contributed by atoms with E-state index < -0.39 is 6.04 Å². The molecule has 0 spiro atoms. The van der Waals surface area contributed by atoms with E-state index >= 15 is 0 Å². The standard InChI is InChI=1S/C24H27FN6O2/c1-16-7-3-6-10-21(16)31(17(2)24(33)26-20-8-4-5-9-20)22(32)15-30-28-23(27-29-30)18-11-13-19(25)14-12-18/h3,6-7,10-14,17,20H,4-5,8-9,15H2,1-2H3,(H,26,33). The van der Waals surface area contributed by atoms with Crippen molar-refractivity contribution in [3.63, 3.8) is 0 Å². The highest BCUT2D eigenvalue weighted by Gasteiger charge is 2.30. The third-order valence-electron chi connectivity index (χ3n) is 5.94. The van der Waals surface area contributed by atoms with Crippen LogP contribution in [-0.4, -0.2) is 44.1 Å². The largest absolute Gasteiger partial charge is 0.352 e. The van der Waals surface area contributed by atoms with Crippen molar-refractivity contribution >= 4 is 17.5 Å². The summed E-state index contributed by atoms with van der Waals surface area (Å²) in [6.07, 6.45) is 4.14. The predicted molar refractivity (Wildman–Crippen MR) is 122 cm³/mol. The van der Waals surface area contributed by atoms with Gasteiger partial charge >= 0.3 is 0 Å². The summed E-state index contributed by atoms with van der Waals surface area (Å²) in [7, 11) is 0. The summed E-state index contributed by atoms with van der Waals surface area (Å²) in [6, 6.07) is 12.6. The molecule has 1 aromatic heterocycles. The van der Waals surface area contributed by atoms with Gasteiger partial charge in [0.05, 0.1) is 0 Å². The zero-order valence-electron chi connectivity index (χ0n) is 18.7. The molecule has 1 unspecified atom stereocenters. The Kier molecular flexibility index (Phi) is 6.76. The Bertz CT molecular complexity index is 1120. The summed E-state index contributed by atoms with van der Waals surface area (Å²) in [5, 5.41) is 15.3. The van der Waals surface area contributed by atoms with Gasteiger partial charge in [0.1, 0.15) is 18.4 Å². The van der Waals surface area contributed by atoms with E-state index in [0.29, 0.717) is 11.3 Å². The fourth-order valence-electron chi connectivity index (χ4n) is 4.12. The number of benzene rings is 2. The summed E-state index contributed by atoms with van der Waals surface area (Å²) in [5.74, 6) is -0.587. The van der Waals surface area contributed by atoms with Crippen LogP contribution < -0.4 is 10.2 Å². The van der Waals surface area contributed by atoms with Crippen molar-refractivity contribution in [2.75, 3.05) is 4.90 Å². The molecule has 33 heavy (non-hydrogen) atoms. The van der Waals surface area contributed by atoms with Gasteiger partial charge in [-0.15, -0.1) is 10.2 Å². The molecule has 1 fully saturated rings. The van der Waals surface area contributed by atoms with Crippen LogP contribution in [-0.2, 0) is 16.1 Å². The highest BCUT2D eigenvalue weighted by molar-refractivity contribution is 6.01. The normalized spacial score (nSPS) is 14.8. The Labute approximate surface area is 191 Å². The second-order valence-electron chi connectivity index (χ2n) is 8.37. The van der Waals surface area contributed by atoms with Gasteiger partial charge in [-0.3, -0.25) is 14.5 Å². The minimum Gasteiger partial charge on any atom is -0.352 e. The highest BCUT2D eigenvalue weighted by atomic mass is 19.1. The van der Waals surface area contributed by atoms with Crippen LogP contribution >= 0.6 is 0 Å². The molecular formula is C24H27FN6O2. The van der Waals surface area contributed by atoms with E-state index in [1.165, 1.54) is 21.8 Å². The van der Waals surface area contributed by atoms with Crippen molar-refractivity contribution in [1.82, 2.24) is 25.5 Å². The maximum atomic E-state index is 13.4. The van der Waals surface area contributed by atoms with Crippen LogP contribution in [0.5, 0.6) is 0 Å². The summed E-state index contributed by atoms with van der Waals surface area (Å²) >= 11 is 0. The Balaban J connectivity index is 1.55. The second-order valence-corrected chi connectivity index (χ2v) is 8.37. The maximum Gasteiger partial charge on any atom is 0.251 e. The number of tetrazole rings is 1. The van der Waals surface area contributed by atoms with Gasteiger partial charge < -0.3 is 5.32 Å². The molecule has 8 nitrogen and oxygen atoms in total. The van der Waals surface area contributed by atoms with Gasteiger partial charge in [0, 0.05) is 17.3 Å². The molecule has 3 aromatic rings. The summed E-state index contributed by atoms with van der Waals surface area (Å²) in [6.45, 7) is 3.44. The maximum absolute atomic E-state index is 13.4. The SMILES string of the molecule is Cc1ccccc1N(C(=O)Cn1nnc(-c2ccc(F)cc2)n1)C(C)C(=O)NC1CCCC1. The number of carbonyl (C=O) groups excluding carboxylic acids is 2. The van der Waals surface area contributed by atoms with Crippen LogP contribution in [0.1, 0.15) is 38.2 Å². The van der Waals surface area contributed by atoms with E-state index in [1.807, 2.05) is 31.2 Å². The number of nitrogens with one attached hydrogen (secondary N) is 1. The van der Waals surface area contributed by atoms with E-state index in [1.54, 1.807) is 19.1 Å². The first kappa shape index (κ1) is 22.6. The van der Waals surface area contributed by atoms with Gasteiger partial charge in [-0.05, 0) is 67.8 Å². The first-order chi connectivity index (χ1) is 15.9. The fraction of sp³-hybridized carbons (Fsp3) is 0.375. The molecule has 9 heteroatoms. The first-order valence-corrected chi connectivity index (χ1v) is 11.1. The van der Waals surface area contributed by atoms with Gasteiger partial charge in [-0.1, -0.05) is 31.0 Å². The van der Waals surface area contributed by atoms with Gasteiger partial charge in [0.25, 0.3) is 5.91 Å². The molecule has 2 aromatic carbocycles. The van der Waals surface area contributed by atoms with Gasteiger partial charge in [-0.25, -0.2) is 4.39 Å². The number of rotatable bonds is 7. The molecular weight excluding hydrogens is 423 g/mol. The lowest BCUT2D eigenvalue weighted by Crippen LogP contribution is -2.51. The zero-order chi connectivity index (χ0) is 23.4. The predicted octanol–water partition coefficient (Wildman–Crippen LogP) is 3.27. The second kappa shape index (κ2) is 9.89. The molecule has 0 aliphatic heterocycles. The van der Waals surface area contributed by atoms with Gasteiger partial charge in [-0.2, -0.15) is 4.80 Å². The van der Waals surface area contributed by atoms with Crippen LogP contribution in [0.25, 0.3) is 11.4 Å². The van der Waals surface area contributed by atoms with E-state index in [2.05, 4.69) is 20.7 Å². The van der Waals surface area contributed by atoms with Crippen molar-refractivity contribution < 1.29 is 14.0 Å². The van der Waals surface area contributed by atoms with E-state index in [9.17, 15) is 14.0 Å². The molecule has 1 aliphatic carbocycles. The van der Waals surface area contributed by atoms with Crippen molar-refractivity contribution in [2.45, 2.75) is 58.2 Å². The summed E-state index contributed by atoms with van der Waals surface area (Å²) in [5.41, 5.74) is 2.13. The zero-order valence-corrected chi connectivity index (χ0v) is 18.7. The lowest BCUT2D eigenvalue weighted by Gasteiger charge is -2.30. The third kappa shape index (κ3) is 5.24. The van der Waals surface area contributed by atoms with Gasteiger partial charge in [0.15, 0.2) is 0 Å². The molecule has 0 radical (unpaired) electrons. The molecule has 1 N–H and O–H groups in total. The van der Waals surface area contributed by atoms with Crippen molar-refractivity contribution in [1.29, 1.82) is 0 Å². The number of hydrogen-bond donors (Lipinski definition) is 1. The minimum absolute atomic E-state index is 0.157. The fourth-order valence-corrected chi connectivity index (χ4v) is 4.12. The number of carbonyl (C=O) groups is 2. The van der Waals surface area contributed by atoms with E-state index in [-0.39, 0.29) is 36.0 Å². The van der Waals surface area contributed by atoms with Crippen molar-refractivity contribution in [3.8, 4) is 11.4 Å². The molecule has 172 valence electrons. The molecule has 2 amide bonds. The van der Waals surface area contributed by atoms with Crippen LogP contribution in [0.3, 0.4) is 0 Å². The number of para-hydroxylation sites is 1. The molecule has 1 heterocycles. The number of aromatic nitrogens is 4. The summed E-state index contributed by atoms with van der Waals surface area (Å²) in [4.78, 5) is 29.1. The number of nitrogens with zero attached hydrogens (tertiary/aromatic N) is 5. The smallest absolute Gasteiger partial charge is 0.251 e. The average Bonchev–Trinajstić information content (AvgIpc) is 3.48. The third-order valence-corrected chi connectivity index (χ3v) is 5.94. The minimum atomic E-state index is -0.709. The quantitative estimate of drug-likeness (QED) is 0.596. The Morgan fingerprint density at radius 1 is 1.15 bits per heavy atom. The lowest BCUT2D eigenvalue weighted by molar-refractivity contribution is -0.127. The van der Waals surface area contributed by atoms with Crippen molar-refractivity contribution in [3.05, 3.63) is 59.9 Å². The van der Waals surface area contributed by atoms with Crippen LogP contribution in [0.2, 0.25) is 0 Å². The molecule has 0 saturated heterocycles. The van der Waals surface area contributed by atoms with Crippen LogP contribution in [0, 0.1) is 12.7 Å². The average molecular weight is 451 g/mol. The number of aryl methyl sites for hydroxylation is 1. The molecule has 1 saturated carbocycles. The highest BCUT2D eigenvalue weighted by Crippen LogP contribution is 2.24. The number of halogens is 1. The van der Waals surface area contributed by atoms with Crippen molar-refractivity contribution in [2.24, 2.45) is 0 Å². The molecule has 0 bridgehead atoms. The Morgan fingerprint density at radius 2 is 1.85 bits per heavy atom. The topological polar surface area (TPSA) is 93.0 Å². The molecule has 1 aliphatic rings. The van der Waals surface area contributed by atoms with E-state index in [4.69, 9.17) is 0 Å². The molecule has 1 atom stereocenters. The van der Waals surface area contributed by atoms with Crippen LogP contribution in [0.15, 0.2) is 48.5 Å². The number of amides is 2. The Morgan fingerprint density at radius 3 is 2.55 bits per heavy atom. The first-order valence-electron chi connectivity index (χ1n) is 11.1.